The topological polar surface area (TPSA) is 76.5 Å². The van der Waals surface area contributed by atoms with Crippen LogP contribution in [0.3, 0.4) is 0 Å². The molecular weight excluding hydrogens is 342 g/mol. The fourth-order valence-electron chi connectivity index (χ4n) is 3.77. The Kier molecular flexibility index (Phi) is 4.91. The van der Waals surface area contributed by atoms with Gasteiger partial charge in [-0.05, 0) is 58.2 Å². The van der Waals surface area contributed by atoms with Gasteiger partial charge in [0.1, 0.15) is 5.65 Å². The van der Waals surface area contributed by atoms with Crippen LogP contribution in [-0.2, 0) is 16.0 Å². The molecule has 6 heteroatoms. The Bertz CT molecular complexity index is 1080. The second kappa shape index (κ2) is 7.02. The lowest BCUT2D eigenvalue weighted by molar-refractivity contribution is -0.142. The summed E-state index contributed by atoms with van der Waals surface area (Å²) in [5.74, 6) is -0.417. The van der Waals surface area contributed by atoms with Crippen LogP contribution in [0.4, 0.5) is 0 Å². The number of aryl methyl sites for hydroxylation is 5. The molecule has 0 unspecified atom stereocenters. The Morgan fingerprint density at radius 2 is 1.74 bits per heavy atom. The number of ether oxygens (including phenoxy) is 1. The number of nitrogens with zero attached hydrogens (tertiary/aromatic N) is 2. The minimum Gasteiger partial charge on any atom is -0.466 e. The fourth-order valence-corrected chi connectivity index (χ4v) is 3.77. The fraction of sp³-hybridized carbons (Fsp3) is 0.381. The van der Waals surface area contributed by atoms with Crippen LogP contribution in [0.25, 0.3) is 16.8 Å². The molecule has 0 amide bonds. The first-order chi connectivity index (χ1) is 12.7. The van der Waals surface area contributed by atoms with Crippen LogP contribution in [0.1, 0.15) is 40.6 Å². The highest BCUT2D eigenvalue weighted by molar-refractivity contribution is 5.84. The van der Waals surface area contributed by atoms with Gasteiger partial charge in [0.2, 0.25) is 0 Å². The van der Waals surface area contributed by atoms with Gasteiger partial charge in [0.05, 0.1) is 18.7 Å². The van der Waals surface area contributed by atoms with E-state index in [-0.39, 0.29) is 18.6 Å². The summed E-state index contributed by atoms with van der Waals surface area (Å²) in [5, 5.41) is 4.47. The molecule has 0 aliphatic heterocycles. The average molecular weight is 367 g/mol. The average Bonchev–Trinajstić information content (AvgIpc) is 2.88. The van der Waals surface area contributed by atoms with E-state index in [1.807, 2.05) is 6.92 Å². The number of hydrogen-bond acceptors (Lipinski definition) is 4. The second-order valence-corrected chi connectivity index (χ2v) is 7.01. The summed E-state index contributed by atoms with van der Waals surface area (Å²) in [6, 6.07) is 4.26. The van der Waals surface area contributed by atoms with Gasteiger partial charge in [-0.15, -0.1) is 0 Å². The smallest absolute Gasteiger partial charge is 0.310 e. The summed E-state index contributed by atoms with van der Waals surface area (Å²) < 4.78 is 6.35. The van der Waals surface area contributed by atoms with Crippen LogP contribution in [-0.4, -0.2) is 27.2 Å². The molecule has 2 aromatic heterocycles. The lowest BCUT2D eigenvalue weighted by Gasteiger charge is -2.12. The Hall–Kier alpha value is -2.89. The maximum Gasteiger partial charge on any atom is 0.310 e. The van der Waals surface area contributed by atoms with E-state index >= 15 is 0 Å². The monoisotopic (exact) mass is 367 g/mol. The molecule has 0 bridgehead atoms. The van der Waals surface area contributed by atoms with Gasteiger partial charge >= 0.3 is 5.97 Å². The SMILES string of the molecule is CCOC(=O)Cc1c(C)[nH]c2c(-c3c(C)cc(C)cc3C)c(C)nn2c1=O. The third kappa shape index (κ3) is 3.27. The summed E-state index contributed by atoms with van der Waals surface area (Å²) in [6.45, 7) is 11.9. The van der Waals surface area contributed by atoms with E-state index in [4.69, 9.17) is 4.74 Å². The number of benzene rings is 1. The summed E-state index contributed by atoms with van der Waals surface area (Å²) >= 11 is 0. The Morgan fingerprint density at radius 3 is 2.33 bits per heavy atom. The number of H-pyrrole nitrogens is 1. The molecule has 0 saturated heterocycles. The molecule has 0 atom stereocenters. The molecule has 1 aromatic carbocycles. The van der Waals surface area contributed by atoms with Crippen LogP contribution in [0.2, 0.25) is 0 Å². The van der Waals surface area contributed by atoms with Crippen molar-refractivity contribution >= 4 is 11.6 Å². The molecule has 142 valence electrons. The summed E-state index contributed by atoms with van der Waals surface area (Å²) in [4.78, 5) is 28.1. The van der Waals surface area contributed by atoms with Gasteiger partial charge in [0.15, 0.2) is 0 Å². The number of hydrogen-bond donors (Lipinski definition) is 1. The van der Waals surface area contributed by atoms with Gasteiger partial charge in [-0.1, -0.05) is 17.7 Å². The van der Waals surface area contributed by atoms with E-state index in [1.165, 1.54) is 10.1 Å². The number of carbonyl (C=O) groups excluding carboxylic acids is 1. The first kappa shape index (κ1) is 18.9. The number of fused-ring (bicyclic) bond motifs is 1. The number of aromatic nitrogens is 3. The van der Waals surface area contributed by atoms with Crippen molar-refractivity contribution in [1.82, 2.24) is 14.6 Å². The molecule has 2 heterocycles. The Morgan fingerprint density at radius 1 is 1.11 bits per heavy atom. The van der Waals surface area contributed by atoms with E-state index in [2.05, 4.69) is 43.0 Å². The highest BCUT2D eigenvalue weighted by Gasteiger charge is 2.21. The van der Waals surface area contributed by atoms with Crippen LogP contribution < -0.4 is 5.56 Å². The van der Waals surface area contributed by atoms with Gasteiger partial charge in [-0.25, -0.2) is 0 Å². The molecule has 0 fully saturated rings. The van der Waals surface area contributed by atoms with Crippen LogP contribution in [0.5, 0.6) is 0 Å². The maximum atomic E-state index is 13.0. The lowest BCUT2D eigenvalue weighted by Crippen LogP contribution is -2.24. The van der Waals surface area contributed by atoms with Gasteiger partial charge in [-0.2, -0.15) is 9.61 Å². The normalized spacial score (nSPS) is 11.2. The van der Waals surface area contributed by atoms with E-state index in [0.717, 1.165) is 27.9 Å². The van der Waals surface area contributed by atoms with E-state index < -0.39 is 5.97 Å². The minimum absolute atomic E-state index is 0.0677. The highest BCUT2D eigenvalue weighted by atomic mass is 16.5. The van der Waals surface area contributed by atoms with Crippen LogP contribution >= 0.6 is 0 Å². The standard InChI is InChI=1S/C21H25N3O3/c1-7-27-17(25)10-16-14(5)22-20-19(15(6)23-24(20)21(16)26)18-12(3)8-11(2)9-13(18)4/h8-9,22H,7,10H2,1-6H3. The van der Waals surface area contributed by atoms with Crippen LogP contribution in [0.15, 0.2) is 16.9 Å². The van der Waals surface area contributed by atoms with E-state index in [0.29, 0.717) is 16.9 Å². The van der Waals surface area contributed by atoms with Crippen molar-refractivity contribution in [3.05, 3.63) is 56.1 Å². The van der Waals surface area contributed by atoms with Crippen molar-refractivity contribution in [2.45, 2.75) is 48.0 Å². The first-order valence-electron chi connectivity index (χ1n) is 9.09. The third-order valence-corrected chi connectivity index (χ3v) is 4.82. The van der Waals surface area contributed by atoms with Gasteiger partial charge in [-0.3, -0.25) is 9.59 Å². The van der Waals surface area contributed by atoms with Crippen LogP contribution in [0, 0.1) is 34.6 Å². The lowest BCUT2D eigenvalue weighted by atomic mass is 9.94. The van der Waals surface area contributed by atoms with Gasteiger partial charge < -0.3 is 9.72 Å². The second-order valence-electron chi connectivity index (χ2n) is 7.01. The molecule has 0 saturated carbocycles. The molecule has 27 heavy (non-hydrogen) atoms. The predicted molar refractivity (Wildman–Crippen MR) is 105 cm³/mol. The molecule has 6 nitrogen and oxygen atoms in total. The molecule has 0 aliphatic rings. The number of carbonyl (C=O) groups is 1. The zero-order valence-electron chi connectivity index (χ0n) is 16.7. The van der Waals surface area contributed by atoms with Crippen molar-refractivity contribution < 1.29 is 9.53 Å². The number of aromatic amines is 1. The van der Waals surface area contributed by atoms with E-state index in [1.54, 1.807) is 13.8 Å². The Balaban J connectivity index is 2.26. The third-order valence-electron chi connectivity index (χ3n) is 4.82. The first-order valence-corrected chi connectivity index (χ1v) is 9.09. The largest absolute Gasteiger partial charge is 0.466 e. The highest BCUT2D eigenvalue weighted by Crippen LogP contribution is 2.33. The zero-order valence-corrected chi connectivity index (χ0v) is 16.7. The van der Waals surface area contributed by atoms with Gasteiger partial charge in [0, 0.05) is 16.8 Å². The molecule has 0 spiro atoms. The molecule has 1 N–H and O–H groups in total. The molecule has 0 radical (unpaired) electrons. The van der Waals surface area contributed by atoms with Crippen molar-refractivity contribution in [2.24, 2.45) is 0 Å². The van der Waals surface area contributed by atoms with Crippen molar-refractivity contribution in [2.75, 3.05) is 6.61 Å². The molecular formula is C21H25N3O3. The summed E-state index contributed by atoms with van der Waals surface area (Å²) in [5.41, 5.74) is 7.66. The molecule has 3 aromatic rings. The minimum atomic E-state index is -0.417. The number of rotatable bonds is 4. The van der Waals surface area contributed by atoms with E-state index in [9.17, 15) is 9.59 Å². The zero-order chi connectivity index (χ0) is 19.9. The Labute approximate surface area is 158 Å². The quantitative estimate of drug-likeness (QED) is 0.718. The van der Waals surface area contributed by atoms with Crippen molar-refractivity contribution in [3.8, 4) is 11.1 Å². The van der Waals surface area contributed by atoms with Crippen molar-refractivity contribution in [3.63, 3.8) is 0 Å². The van der Waals surface area contributed by atoms with Gasteiger partial charge in [0.25, 0.3) is 5.56 Å². The molecule has 0 aliphatic carbocycles. The number of esters is 1. The summed E-state index contributed by atoms with van der Waals surface area (Å²) in [6.07, 6.45) is -0.0677. The maximum absolute atomic E-state index is 13.0. The predicted octanol–water partition coefficient (Wildman–Crippen LogP) is 3.34. The number of nitrogens with one attached hydrogen (secondary N) is 1. The summed E-state index contributed by atoms with van der Waals surface area (Å²) in [7, 11) is 0. The molecule has 3 rings (SSSR count). The van der Waals surface area contributed by atoms with Crippen molar-refractivity contribution in [1.29, 1.82) is 0 Å².